The fraction of sp³-hybridized carbons (Fsp3) is 0.333. The molecule has 0 aliphatic carbocycles. The molecule has 0 spiro atoms. The predicted octanol–water partition coefficient (Wildman–Crippen LogP) is 3.57. The minimum Gasteiger partial charge on any atom is -0.214 e. The first-order chi connectivity index (χ1) is 4.26. The Morgan fingerprint density at radius 2 is 2.22 bits per heavy atom. The minimum absolute atomic E-state index is 0.0764. The summed E-state index contributed by atoms with van der Waals surface area (Å²) in [5, 5.41) is 0.0764. The molecule has 0 radical (unpaired) electrons. The molecule has 0 aromatic rings. The van der Waals surface area contributed by atoms with Crippen LogP contribution in [-0.4, -0.2) is 0 Å². The first-order valence-corrected chi connectivity index (χ1v) is 3.33. The molecule has 9 heavy (non-hydrogen) atoms. The average molecular weight is 169 g/mol. The number of hydrogen-bond acceptors (Lipinski definition) is 0. The first-order valence-electron chi connectivity index (χ1n) is 2.51. The Bertz CT molecular complexity index is 138. The summed E-state index contributed by atoms with van der Waals surface area (Å²) in [5.41, 5.74) is 1.89. The van der Waals surface area contributed by atoms with Gasteiger partial charge in [0, 0.05) is 5.54 Å². The van der Waals surface area contributed by atoms with Crippen LogP contribution in [0.3, 0.4) is 0 Å². The van der Waals surface area contributed by atoms with Crippen LogP contribution in [0.15, 0.2) is 22.5 Å². The van der Waals surface area contributed by atoms with Crippen molar-refractivity contribution < 1.29 is 4.39 Å². The quantitative estimate of drug-likeness (QED) is 0.554. The van der Waals surface area contributed by atoms with E-state index in [0.29, 0.717) is 18.3 Å². The van der Waals surface area contributed by atoms with E-state index < -0.39 is 0 Å². The van der Waals surface area contributed by atoms with Gasteiger partial charge in [-0.25, -0.2) is 4.39 Å². The Labute approximate surface area is 64.0 Å². The Kier molecular flexibility index (Phi) is 4.83. The largest absolute Gasteiger partial charge is 0.214 e. The molecule has 0 rings (SSSR count). The smallest absolute Gasteiger partial charge is 0.106 e. The highest BCUT2D eigenvalue weighted by molar-refractivity contribution is 6.33. The van der Waals surface area contributed by atoms with Gasteiger partial charge in [0.15, 0.2) is 0 Å². The maximum Gasteiger partial charge on any atom is 0.106 e. The Balaban J connectivity index is 4.14. The molecule has 0 unspecified atom stereocenters. The van der Waals surface area contributed by atoms with E-state index in [-0.39, 0.29) is 5.03 Å². The van der Waals surface area contributed by atoms with Gasteiger partial charge in [-0.1, -0.05) is 30.1 Å². The van der Waals surface area contributed by atoms with E-state index in [4.69, 9.17) is 23.2 Å². The van der Waals surface area contributed by atoms with Gasteiger partial charge in [-0.3, -0.25) is 0 Å². The molecule has 0 nitrogen and oxygen atoms in total. The highest BCUT2D eigenvalue weighted by atomic mass is 35.5. The van der Waals surface area contributed by atoms with Gasteiger partial charge in [-0.15, -0.1) is 0 Å². The summed E-state index contributed by atoms with van der Waals surface area (Å²) in [6.07, 6.45) is 0.974. The molecule has 52 valence electrons. The van der Waals surface area contributed by atoms with Gasteiger partial charge in [0.1, 0.15) is 6.33 Å². The Morgan fingerprint density at radius 1 is 1.67 bits per heavy atom. The summed E-state index contributed by atoms with van der Waals surface area (Å²) in [7, 11) is 0. The van der Waals surface area contributed by atoms with Crippen molar-refractivity contribution in [1.29, 1.82) is 0 Å². The lowest BCUT2D eigenvalue weighted by Gasteiger charge is -1.95. The van der Waals surface area contributed by atoms with E-state index >= 15 is 0 Å². The van der Waals surface area contributed by atoms with E-state index in [9.17, 15) is 4.39 Å². The van der Waals surface area contributed by atoms with Crippen LogP contribution in [0.5, 0.6) is 0 Å². The van der Waals surface area contributed by atoms with Crippen LogP contribution in [0.1, 0.15) is 13.3 Å². The van der Waals surface area contributed by atoms with Gasteiger partial charge < -0.3 is 0 Å². The van der Waals surface area contributed by atoms with Crippen LogP contribution in [0, 0.1) is 0 Å². The molecule has 0 N–H and O–H groups in total. The maximum atomic E-state index is 11.6. The van der Waals surface area contributed by atoms with E-state index in [1.807, 2.05) is 6.92 Å². The SMILES string of the molecule is CCC(=C\Cl)/C(Cl)=C/F. The molecule has 0 aliphatic heterocycles. The monoisotopic (exact) mass is 168 g/mol. The first kappa shape index (κ1) is 8.99. The van der Waals surface area contributed by atoms with Gasteiger partial charge in [0.05, 0.1) is 5.03 Å². The van der Waals surface area contributed by atoms with Gasteiger partial charge in [-0.2, -0.15) is 0 Å². The molecule has 0 saturated carbocycles. The third-order valence-corrected chi connectivity index (χ3v) is 1.50. The number of rotatable bonds is 2. The fourth-order valence-corrected chi connectivity index (χ4v) is 0.884. The number of halogens is 3. The van der Waals surface area contributed by atoms with E-state index in [2.05, 4.69) is 0 Å². The average Bonchev–Trinajstić information content (AvgIpc) is 1.90. The van der Waals surface area contributed by atoms with Crippen LogP contribution < -0.4 is 0 Å². The van der Waals surface area contributed by atoms with Crippen molar-refractivity contribution in [2.24, 2.45) is 0 Å². The lowest BCUT2D eigenvalue weighted by atomic mass is 10.2. The maximum absolute atomic E-state index is 11.6. The zero-order chi connectivity index (χ0) is 7.28. The summed E-state index contributed by atoms with van der Waals surface area (Å²) in [6.45, 7) is 1.85. The van der Waals surface area contributed by atoms with Crippen molar-refractivity contribution in [3.05, 3.63) is 22.5 Å². The van der Waals surface area contributed by atoms with Gasteiger partial charge in [0.2, 0.25) is 0 Å². The lowest BCUT2D eigenvalue weighted by Crippen LogP contribution is -1.76. The van der Waals surface area contributed by atoms with Crippen molar-refractivity contribution in [2.45, 2.75) is 13.3 Å². The van der Waals surface area contributed by atoms with Crippen molar-refractivity contribution in [2.75, 3.05) is 0 Å². The standard InChI is InChI=1S/C6H7Cl2F/c1-2-5(3-7)6(8)4-9/h3-4H,2H2,1H3/b5-3+,6-4-. The van der Waals surface area contributed by atoms with Crippen LogP contribution in [-0.2, 0) is 0 Å². The fourth-order valence-electron chi connectivity index (χ4n) is 0.368. The molecule has 0 saturated heterocycles. The molecule has 0 fully saturated rings. The predicted molar refractivity (Wildman–Crippen MR) is 39.3 cm³/mol. The Morgan fingerprint density at radius 3 is 2.33 bits per heavy atom. The van der Waals surface area contributed by atoms with E-state index in [1.165, 1.54) is 5.54 Å². The molecule has 0 aromatic carbocycles. The Hall–Kier alpha value is -0.0100. The zero-order valence-corrected chi connectivity index (χ0v) is 6.51. The van der Waals surface area contributed by atoms with Crippen LogP contribution in [0.2, 0.25) is 0 Å². The van der Waals surface area contributed by atoms with Crippen LogP contribution in [0.4, 0.5) is 4.39 Å². The third-order valence-electron chi connectivity index (χ3n) is 0.915. The van der Waals surface area contributed by atoms with Crippen LogP contribution >= 0.6 is 23.2 Å². The summed E-state index contributed by atoms with van der Waals surface area (Å²) in [4.78, 5) is 0. The second kappa shape index (κ2) is 4.83. The molecule has 0 bridgehead atoms. The number of hydrogen-bond donors (Lipinski definition) is 0. The summed E-state index contributed by atoms with van der Waals surface area (Å²) >= 11 is 10.7. The van der Waals surface area contributed by atoms with E-state index in [1.54, 1.807) is 0 Å². The number of allylic oxidation sites excluding steroid dienone is 2. The van der Waals surface area contributed by atoms with Crippen molar-refractivity contribution in [3.8, 4) is 0 Å². The van der Waals surface area contributed by atoms with Crippen molar-refractivity contribution >= 4 is 23.2 Å². The summed E-state index contributed by atoms with van der Waals surface area (Å²) in [5.74, 6) is 0. The highest BCUT2D eigenvalue weighted by Gasteiger charge is 1.96. The van der Waals surface area contributed by atoms with Gasteiger partial charge in [0.25, 0.3) is 0 Å². The second-order valence-corrected chi connectivity index (χ2v) is 2.07. The topological polar surface area (TPSA) is 0 Å². The molecular formula is C6H7Cl2F. The highest BCUT2D eigenvalue weighted by Crippen LogP contribution is 2.18. The molecular weight excluding hydrogens is 162 g/mol. The molecule has 0 aliphatic rings. The second-order valence-electron chi connectivity index (χ2n) is 1.44. The molecule has 3 heteroatoms. The molecule has 0 amide bonds. The zero-order valence-electron chi connectivity index (χ0n) is 5.00. The van der Waals surface area contributed by atoms with Gasteiger partial charge >= 0.3 is 0 Å². The molecule has 0 atom stereocenters. The summed E-state index contributed by atoms with van der Waals surface area (Å²) in [6, 6.07) is 0. The molecule has 0 aromatic heterocycles. The normalized spacial score (nSPS) is 14.2. The van der Waals surface area contributed by atoms with Gasteiger partial charge in [-0.05, 0) is 12.0 Å². The molecule has 0 heterocycles. The summed E-state index contributed by atoms with van der Waals surface area (Å²) < 4.78 is 11.6. The van der Waals surface area contributed by atoms with Crippen molar-refractivity contribution in [1.82, 2.24) is 0 Å². The van der Waals surface area contributed by atoms with Crippen molar-refractivity contribution in [3.63, 3.8) is 0 Å². The lowest BCUT2D eigenvalue weighted by molar-refractivity contribution is 0.716. The van der Waals surface area contributed by atoms with E-state index in [0.717, 1.165) is 0 Å². The third kappa shape index (κ3) is 2.87. The van der Waals surface area contributed by atoms with Crippen LogP contribution in [0.25, 0.3) is 0 Å². The minimum atomic E-state index is 0.0764.